The van der Waals surface area contributed by atoms with Gasteiger partial charge in [-0.2, -0.15) is 0 Å². The van der Waals surface area contributed by atoms with Gasteiger partial charge in [0, 0.05) is 42.9 Å². The number of nitrogens with one attached hydrogen (secondary N) is 1. The van der Waals surface area contributed by atoms with Gasteiger partial charge in [-0.1, -0.05) is 40.2 Å². The van der Waals surface area contributed by atoms with E-state index in [1.54, 1.807) is 0 Å². The van der Waals surface area contributed by atoms with E-state index in [0.29, 0.717) is 6.54 Å². The van der Waals surface area contributed by atoms with Crippen molar-refractivity contribution in [1.29, 1.82) is 0 Å². The van der Waals surface area contributed by atoms with Gasteiger partial charge in [0.25, 0.3) is 0 Å². The molecule has 2 aromatic rings. The Labute approximate surface area is 151 Å². The van der Waals surface area contributed by atoms with Crippen LogP contribution < -0.4 is 10.2 Å². The summed E-state index contributed by atoms with van der Waals surface area (Å²) in [7, 11) is 0. The first kappa shape index (κ1) is 16.8. The molecule has 0 radical (unpaired) electrons. The minimum absolute atomic E-state index is 0.0128. The van der Waals surface area contributed by atoms with Crippen LogP contribution in [-0.2, 0) is 6.54 Å². The Hall–Kier alpha value is -2.01. The summed E-state index contributed by atoms with van der Waals surface area (Å²) < 4.78 is 1.03. The van der Waals surface area contributed by atoms with Crippen LogP contribution in [0.25, 0.3) is 0 Å². The Bertz CT molecular complexity index is 711. The Morgan fingerprint density at radius 2 is 1.83 bits per heavy atom. The number of benzene rings is 2. The van der Waals surface area contributed by atoms with Crippen molar-refractivity contribution in [2.24, 2.45) is 0 Å². The third-order valence-electron chi connectivity index (χ3n) is 4.27. The normalized spacial score (nSPS) is 14.6. The van der Waals surface area contributed by atoms with E-state index in [1.165, 1.54) is 11.3 Å². The first-order valence-corrected chi connectivity index (χ1v) is 9.00. The largest absolute Gasteiger partial charge is 0.368 e. The summed E-state index contributed by atoms with van der Waals surface area (Å²) in [5.41, 5.74) is 3.60. The second kappa shape index (κ2) is 7.71. The molecule has 0 atom stereocenters. The van der Waals surface area contributed by atoms with Crippen molar-refractivity contribution in [3.63, 3.8) is 0 Å². The Morgan fingerprint density at radius 3 is 2.54 bits per heavy atom. The predicted octanol–water partition coefficient (Wildman–Crippen LogP) is 3.79. The van der Waals surface area contributed by atoms with Gasteiger partial charge in [0.1, 0.15) is 0 Å². The average Bonchev–Trinajstić information content (AvgIpc) is 2.60. The van der Waals surface area contributed by atoms with Gasteiger partial charge in [0.2, 0.25) is 0 Å². The number of urea groups is 1. The molecule has 0 aromatic heterocycles. The molecule has 1 aliphatic rings. The highest BCUT2D eigenvalue weighted by atomic mass is 79.9. The summed E-state index contributed by atoms with van der Waals surface area (Å²) in [5, 5.41) is 3.01. The maximum absolute atomic E-state index is 12.3. The summed E-state index contributed by atoms with van der Waals surface area (Å²) in [4.78, 5) is 16.6. The maximum atomic E-state index is 12.3. The third-order valence-corrected chi connectivity index (χ3v) is 4.76. The van der Waals surface area contributed by atoms with Gasteiger partial charge in [-0.25, -0.2) is 4.79 Å². The minimum Gasteiger partial charge on any atom is -0.368 e. The van der Waals surface area contributed by atoms with Crippen molar-refractivity contribution in [1.82, 2.24) is 10.2 Å². The van der Waals surface area contributed by atoms with Crippen LogP contribution >= 0.6 is 15.9 Å². The molecule has 2 amide bonds. The van der Waals surface area contributed by atoms with Crippen LogP contribution in [0.5, 0.6) is 0 Å². The molecule has 1 aliphatic heterocycles. The number of carbonyl (C=O) groups excluding carboxylic acids is 1. The lowest BCUT2D eigenvalue weighted by atomic mass is 10.2. The monoisotopic (exact) mass is 387 g/mol. The number of nitrogens with zero attached hydrogens (tertiary/aromatic N) is 2. The molecular weight excluding hydrogens is 366 g/mol. The topological polar surface area (TPSA) is 35.6 Å². The smallest absolute Gasteiger partial charge is 0.317 e. The molecule has 1 heterocycles. The van der Waals surface area contributed by atoms with Gasteiger partial charge in [-0.05, 0) is 42.3 Å². The number of carbonyl (C=O) groups is 1. The average molecular weight is 388 g/mol. The molecule has 4 nitrogen and oxygen atoms in total. The van der Waals surface area contributed by atoms with E-state index in [0.717, 1.165) is 36.2 Å². The molecule has 5 heteroatoms. The highest BCUT2D eigenvalue weighted by Gasteiger charge is 2.21. The van der Waals surface area contributed by atoms with Crippen LogP contribution in [0.2, 0.25) is 0 Å². The van der Waals surface area contributed by atoms with Gasteiger partial charge in [-0.3, -0.25) is 0 Å². The zero-order valence-corrected chi connectivity index (χ0v) is 15.4. The fourth-order valence-corrected chi connectivity index (χ4v) is 3.38. The molecule has 1 saturated heterocycles. The molecule has 0 spiro atoms. The number of hydrogen-bond acceptors (Lipinski definition) is 2. The van der Waals surface area contributed by atoms with Crippen LogP contribution in [-0.4, -0.2) is 37.1 Å². The van der Waals surface area contributed by atoms with Crippen LogP contribution in [0.15, 0.2) is 53.0 Å². The number of hydrogen-bond donors (Lipinski definition) is 1. The van der Waals surface area contributed by atoms with Gasteiger partial charge < -0.3 is 15.1 Å². The number of anilines is 1. The maximum Gasteiger partial charge on any atom is 0.317 e. The van der Waals surface area contributed by atoms with E-state index >= 15 is 0 Å². The summed E-state index contributed by atoms with van der Waals surface area (Å²) in [6.45, 7) is 5.89. The van der Waals surface area contributed by atoms with Gasteiger partial charge in [0.15, 0.2) is 0 Å². The molecule has 0 bridgehead atoms. The number of halogens is 1. The van der Waals surface area contributed by atoms with E-state index < -0.39 is 0 Å². The molecule has 1 N–H and O–H groups in total. The zero-order chi connectivity index (χ0) is 16.9. The summed E-state index contributed by atoms with van der Waals surface area (Å²) >= 11 is 3.45. The quantitative estimate of drug-likeness (QED) is 0.869. The number of aryl methyl sites for hydroxylation is 1. The van der Waals surface area contributed by atoms with Gasteiger partial charge in [-0.15, -0.1) is 0 Å². The van der Waals surface area contributed by atoms with Crippen LogP contribution in [0.4, 0.5) is 10.5 Å². The second-order valence-electron chi connectivity index (χ2n) is 6.10. The van der Waals surface area contributed by atoms with Crippen molar-refractivity contribution in [2.75, 3.05) is 31.1 Å². The lowest BCUT2D eigenvalue weighted by Gasteiger charge is -2.36. The van der Waals surface area contributed by atoms with E-state index in [-0.39, 0.29) is 6.03 Å². The number of amides is 2. The second-order valence-corrected chi connectivity index (χ2v) is 7.02. The van der Waals surface area contributed by atoms with Crippen LogP contribution in [0, 0.1) is 6.92 Å². The van der Waals surface area contributed by atoms with Crippen molar-refractivity contribution in [2.45, 2.75) is 13.5 Å². The van der Waals surface area contributed by atoms with E-state index in [9.17, 15) is 4.79 Å². The molecular formula is C19H22BrN3O. The zero-order valence-electron chi connectivity index (χ0n) is 13.8. The highest BCUT2D eigenvalue weighted by molar-refractivity contribution is 9.10. The molecule has 0 saturated carbocycles. The highest BCUT2D eigenvalue weighted by Crippen LogP contribution is 2.18. The minimum atomic E-state index is 0.0128. The van der Waals surface area contributed by atoms with E-state index in [4.69, 9.17) is 0 Å². The third kappa shape index (κ3) is 4.29. The number of piperazine rings is 1. The lowest BCUT2D eigenvalue weighted by Crippen LogP contribution is -2.51. The Morgan fingerprint density at radius 1 is 1.08 bits per heavy atom. The summed E-state index contributed by atoms with van der Waals surface area (Å²) in [6.07, 6.45) is 0. The van der Waals surface area contributed by atoms with Gasteiger partial charge in [0.05, 0.1) is 0 Å². The van der Waals surface area contributed by atoms with Crippen molar-refractivity contribution in [3.8, 4) is 0 Å². The molecule has 0 aliphatic carbocycles. The standard InChI is InChI=1S/C19H22BrN3O/c1-15-4-2-7-18(12-15)22-8-10-23(11-9-22)19(24)21-14-16-5-3-6-17(20)13-16/h2-7,12-13H,8-11,14H2,1H3,(H,21,24). The molecule has 24 heavy (non-hydrogen) atoms. The fraction of sp³-hybridized carbons (Fsp3) is 0.316. The molecule has 126 valence electrons. The Balaban J connectivity index is 1.50. The van der Waals surface area contributed by atoms with E-state index in [2.05, 4.69) is 57.3 Å². The predicted molar refractivity (Wildman–Crippen MR) is 101 cm³/mol. The van der Waals surface area contributed by atoms with Crippen LogP contribution in [0.3, 0.4) is 0 Å². The van der Waals surface area contributed by atoms with Gasteiger partial charge >= 0.3 is 6.03 Å². The molecule has 1 fully saturated rings. The van der Waals surface area contributed by atoms with Crippen LogP contribution in [0.1, 0.15) is 11.1 Å². The van der Waals surface area contributed by atoms with Crippen molar-refractivity contribution >= 4 is 27.6 Å². The first-order chi connectivity index (χ1) is 11.6. The SMILES string of the molecule is Cc1cccc(N2CCN(C(=O)NCc3cccc(Br)c3)CC2)c1. The summed E-state index contributed by atoms with van der Waals surface area (Å²) in [6, 6.07) is 16.5. The lowest BCUT2D eigenvalue weighted by molar-refractivity contribution is 0.194. The summed E-state index contributed by atoms with van der Waals surface area (Å²) in [5.74, 6) is 0. The number of rotatable bonds is 3. The Kier molecular flexibility index (Phi) is 5.41. The molecule has 3 rings (SSSR count). The van der Waals surface area contributed by atoms with Crippen molar-refractivity contribution in [3.05, 3.63) is 64.1 Å². The molecule has 2 aromatic carbocycles. The van der Waals surface area contributed by atoms with Crippen molar-refractivity contribution < 1.29 is 4.79 Å². The molecule has 0 unspecified atom stereocenters. The van der Waals surface area contributed by atoms with E-state index in [1.807, 2.05) is 29.2 Å². The fourth-order valence-electron chi connectivity index (χ4n) is 2.93. The first-order valence-electron chi connectivity index (χ1n) is 8.21.